The summed E-state index contributed by atoms with van der Waals surface area (Å²) in [5, 5.41) is 0.499. The van der Waals surface area contributed by atoms with Gasteiger partial charge in [-0.2, -0.15) is 13.2 Å². The van der Waals surface area contributed by atoms with Gasteiger partial charge in [0, 0.05) is 17.5 Å². The molecule has 228 valence electrons. The normalized spacial score (nSPS) is 11.9. The fraction of sp³-hybridized carbons (Fsp3) is 0.433. The molecule has 42 heavy (non-hydrogen) atoms. The molecule has 0 aliphatic heterocycles. The SMILES string of the molecule is C=CC(=O)OCCCCCCCCCCCCOc1cc2cc(-c3ccc(S(=O)(=O)C(F)(F)F)cc3)c(=O)oc2cn1. The van der Waals surface area contributed by atoms with E-state index in [1.165, 1.54) is 37.6 Å². The quantitative estimate of drug-likeness (QED) is 0.0900. The van der Waals surface area contributed by atoms with Crippen molar-refractivity contribution in [1.29, 1.82) is 0 Å². The summed E-state index contributed by atoms with van der Waals surface area (Å²) < 4.78 is 77.6. The number of rotatable bonds is 17. The Morgan fingerprint density at radius 3 is 2.05 bits per heavy atom. The van der Waals surface area contributed by atoms with Crippen LogP contribution in [-0.4, -0.2) is 38.1 Å². The number of pyridine rings is 1. The fourth-order valence-corrected chi connectivity index (χ4v) is 5.02. The number of carbonyl (C=O) groups excluding carboxylic acids is 1. The second kappa shape index (κ2) is 15.5. The first kappa shape index (κ1) is 32.8. The molecular formula is C30H34F3NO7S. The van der Waals surface area contributed by atoms with Gasteiger partial charge in [-0.25, -0.2) is 23.0 Å². The van der Waals surface area contributed by atoms with Gasteiger partial charge < -0.3 is 13.9 Å². The van der Waals surface area contributed by atoms with E-state index in [-0.39, 0.29) is 22.7 Å². The maximum atomic E-state index is 12.8. The maximum absolute atomic E-state index is 12.8. The third kappa shape index (κ3) is 9.43. The lowest BCUT2D eigenvalue weighted by molar-refractivity contribution is -0.137. The standard InChI is InChI=1S/C30H34F3NO7S/c1-2-28(35)40-18-12-10-8-6-4-3-5-7-9-11-17-39-27-20-23-19-25(29(36)41-26(23)21-34-27)22-13-15-24(16-14-22)42(37,38)30(31,32)33/h2,13-16,19-21H,1,3-12,17-18H2. The molecule has 1 aromatic carbocycles. The molecule has 0 bridgehead atoms. The maximum Gasteiger partial charge on any atom is 0.501 e. The molecular weight excluding hydrogens is 575 g/mol. The number of fused-ring (bicyclic) bond motifs is 1. The molecule has 0 fully saturated rings. The van der Waals surface area contributed by atoms with Crippen molar-refractivity contribution < 1.29 is 40.3 Å². The van der Waals surface area contributed by atoms with E-state index >= 15 is 0 Å². The van der Waals surface area contributed by atoms with Crippen LogP contribution in [0.4, 0.5) is 13.2 Å². The Hall–Kier alpha value is -3.67. The summed E-state index contributed by atoms with van der Waals surface area (Å²) in [6.07, 6.45) is 13.2. The van der Waals surface area contributed by atoms with E-state index in [2.05, 4.69) is 11.6 Å². The summed E-state index contributed by atoms with van der Waals surface area (Å²) >= 11 is 0. The second-order valence-corrected chi connectivity index (χ2v) is 11.7. The van der Waals surface area contributed by atoms with Crippen molar-refractivity contribution >= 4 is 26.8 Å². The first-order valence-electron chi connectivity index (χ1n) is 13.8. The van der Waals surface area contributed by atoms with E-state index in [4.69, 9.17) is 13.9 Å². The lowest BCUT2D eigenvalue weighted by atomic mass is 10.1. The lowest BCUT2D eigenvalue weighted by Crippen LogP contribution is -2.23. The Kier molecular flexibility index (Phi) is 12.1. The highest BCUT2D eigenvalue weighted by Gasteiger charge is 2.46. The van der Waals surface area contributed by atoms with Crippen LogP contribution in [0.2, 0.25) is 0 Å². The number of sulfone groups is 1. The minimum Gasteiger partial charge on any atom is -0.478 e. The van der Waals surface area contributed by atoms with Crippen LogP contribution in [0.1, 0.15) is 64.2 Å². The number of ether oxygens (including phenoxy) is 2. The molecule has 0 aliphatic carbocycles. The molecule has 0 atom stereocenters. The van der Waals surface area contributed by atoms with Gasteiger partial charge in [-0.15, -0.1) is 0 Å². The average molecular weight is 610 g/mol. The number of unbranched alkanes of at least 4 members (excludes halogenated alkanes) is 9. The van der Waals surface area contributed by atoms with Gasteiger partial charge in [-0.1, -0.05) is 70.1 Å². The number of halogens is 3. The third-order valence-electron chi connectivity index (χ3n) is 6.57. The smallest absolute Gasteiger partial charge is 0.478 e. The summed E-state index contributed by atoms with van der Waals surface area (Å²) in [5.74, 6) is -0.0354. The predicted octanol–water partition coefficient (Wildman–Crippen LogP) is 7.16. The van der Waals surface area contributed by atoms with Crippen LogP contribution in [0.5, 0.6) is 5.88 Å². The summed E-state index contributed by atoms with van der Waals surface area (Å²) in [7, 11) is -5.49. The second-order valence-electron chi connectivity index (χ2n) is 9.74. The van der Waals surface area contributed by atoms with E-state index in [0.29, 0.717) is 24.5 Å². The topological polar surface area (TPSA) is 113 Å². The minimum atomic E-state index is -5.49. The van der Waals surface area contributed by atoms with E-state index in [1.54, 1.807) is 6.07 Å². The average Bonchev–Trinajstić information content (AvgIpc) is 2.96. The molecule has 0 aliphatic rings. The zero-order valence-corrected chi connectivity index (χ0v) is 24.0. The Balaban J connectivity index is 1.41. The Morgan fingerprint density at radius 1 is 0.905 bits per heavy atom. The molecule has 0 amide bonds. The van der Waals surface area contributed by atoms with Crippen LogP contribution in [0.25, 0.3) is 22.1 Å². The molecule has 2 heterocycles. The largest absolute Gasteiger partial charge is 0.501 e. The zero-order chi connectivity index (χ0) is 30.6. The Bertz CT molecular complexity index is 1500. The molecule has 3 aromatic rings. The van der Waals surface area contributed by atoms with Gasteiger partial charge in [-0.05, 0) is 36.6 Å². The van der Waals surface area contributed by atoms with Crippen molar-refractivity contribution in [2.45, 2.75) is 74.6 Å². The number of alkyl halides is 3. The van der Waals surface area contributed by atoms with Crippen molar-refractivity contribution in [3.63, 3.8) is 0 Å². The molecule has 0 saturated carbocycles. The first-order chi connectivity index (χ1) is 20.0. The third-order valence-corrected chi connectivity index (χ3v) is 8.08. The molecule has 8 nitrogen and oxygen atoms in total. The monoisotopic (exact) mass is 609 g/mol. The molecule has 0 radical (unpaired) electrons. The zero-order valence-electron chi connectivity index (χ0n) is 23.2. The number of benzene rings is 1. The molecule has 12 heteroatoms. The van der Waals surface area contributed by atoms with Gasteiger partial charge in [0.2, 0.25) is 5.88 Å². The molecule has 0 unspecified atom stereocenters. The van der Waals surface area contributed by atoms with Gasteiger partial charge in [0.1, 0.15) is 0 Å². The van der Waals surface area contributed by atoms with Crippen LogP contribution in [0.3, 0.4) is 0 Å². The van der Waals surface area contributed by atoms with Crippen molar-refractivity contribution in [3.8, 4) is 17.0 Å². The molecule has 0 N–H and O–H groups in total. The lowest BCUT2D eigenvalue weighted by Gasteiger charge is -2.09. The first-order valence-corrected chi connectivity index (χ1v) is 15.3. The highest BCUT2D eigenvalue weighted by Crippen LogP contribution is 2.31. The van der Waals surface area contributed by atoms with Crippen molar-refractivity contribution in [2.75, 3.05) is 13.2 Å². The van der Waals surface area contributed by atoms with Crippen LogP contribution >= 0.6 is 0 Å². The van der Waals surface area contributed by atoms with E-state index < -0.39 is 25.9 Å². The van der Waals surface area contributed by atoms with Gasteiger partial charge in [0.25, 0.3) is 9.84 Å². The highest BCUT2D eigenvalue weighted by molar-refractivity contribution is 7.92. The number of carbonyl (C=O) groups is 1. The predicted molar refractivity (Wildman–Crippen MR) is 152 cm³/mol. The number of aromatic nitrogens is 1. The molecule has 3 rings (SSSR count). The fourth-order valence-electron chi connectivity index (χ4n) is 4.26. The number of hydrogen-bond acceptors (Lipinski definition) is 8. The summed E-state index contributed by atoms with van der Waals surface area (Å²) in [6, 6.07) is 6.97. The van der Waals surface area contributed by atoms with Gasteiger partial charge >= 0.3 is 17.1 Å². The number of nitrogens with zero attached hydrogens (tertiary/aromatic N) is 1. The number of esters is 1. The van der Waals surface area contributed by atoms with Gasteiger partial charge in [0.15, 0.2) is 5.58 Å². The number of hydrogen-bond donors (Lipinski definition) is 0. The van der Waals surface area contributed by atoms with Crippen LogP contribution in [-0.2, 0) is 19.4 Å². The van der Waals surface area contributed by atoms with Gasteiger partial charge in [-0.3, -0.25) is 0 Å². The van der Waals surface area contributed by atoms with Crippen molar-refractivity contribution in [1.82, 2.24) is 4.98 Å². The summed E-state index contributed by atoms with van der Waals surface area (Å²) in [6.45, 7) is 4.27. The summed E-state index contributed by atoms with van der Waals surface area (Å²) in [4.78, 5) is 26.7. The molecule has 0 spiro atoms. The van der Waals surface area contributed by atoms with Crippen LogP contribution < -0.4 is 10.4 Å². The van der Waals surface area contributed by atoms with Crippen molar-refractivity contribution in [2.24, 2.45) is 0 Å². The van der Waals surface area contributed by atoms with Crippen LogP contribution in [0, 0.1) is 0 Å². The Labute approximate surface area is 242 Å². The molecule has 0 saturated heterocycles. The van der Waals surface area contributed by atoms with E-state index in [0.717, 1.165) is 69.2 Å². The Morgan fingerprint density at radius 2 is 1.48 bits per heavy atom. The summed E-state index contributed by atoms with van der Waals surface area (Å²) in [5.41, 5.74) is -5.69. The molecule has 2 aromatic heterocycles. The van der Waals surface area contributed by atoms with E-state index in [1.807, 2.05) is 0 Å². The van der Waals surface area contributed by atoms with E-state index in [9.17, 15) is 31.2 Å². The van der Waals surface area contributed by atoms with Gasteiger partial charge in [0.05, 0.1) is 29.9 Å². The van der Waals surface area contributed by atoms with Crippen molar-refractivity contribution in [3.05, 3.63) is 65.7 Å². The van der Waals surface area contributed by atoms with Crippen LogP contribution in [0.15, 0.2) is 69.4 Å². The minimum absolute atomic E-state index is 0.0598. The highest BCUT2D eigenvalue weighted by atomic mass is 32.2.